The van der Waals surface area contributed by atoms with E-state index in [2.05, 4.69) is 18.9 Å². The van der Waals surface area contributed by atoms with E-state index in [0.717, 1.165) is 18.0 Å². The van der Waals surface area contributed by atoms with Crippen molar-refractivity contribution in [1.29, 1.82) is 0 Å². The molecule has 17 heavy (non-hydrogen) atoms. The van der Waals surface area contributed by atoms with Crippen molar-refractivity contribution in [2.24, 2.45) is 5.92 Å². The highest BCUT2D eigenvalue weighted by Crippen LogP contribution is 2.27. The average Bonchev–Trinajstić information content (AvgIpc) is 2.33. The summed E-state index contributed by atoms with van der Waals surface area (Å²) in [5.74, 6) is 0.789. The summed E-state index contributed by atoms with van der Waals surface area (Å²) in [5, 5.41) is 0. The molecule has 2 heteroatoms. The molecule has 0 amide bonds. The number of benzene rings is 1. The Labute approximate surface area is 104 Å². The Balaban J connectivity index is 1.93. The fourth-order valence-electron chi connectivity index (χ4n) is 2.71. The normalized spacial score (nSPS) is 25.2. The molecule has 0 atom stereocenters. The number of hydrogen-bond donors (Lipinski definition) is 0. The van der Waals surface area contributed by atoms with Gasteiger partial charge in [-0.25, -0.2) is 4.39 Å². The van der Waals surface area contributed by atoms with Gasteiger partial charge in [-0.15, -0.1) is 0 Å². The minimum absolute atomic E-state index is 0.0801. The summed E-state index contributed by atoms with van der Waals surface area (Å²) in [5.41, 5.74) is 0.814. The minimum atomic E-state index is -0.0801. The fourth-order valence-corrected chi connectivity index (χ4v) is 2.71. The van der Waals surface area contributed by atoms with Crippen LogP contribution in [0.15, 0.2) is 24.3 Å². The molecule has 0 unspecified atom stereocenters. The van der Waals surface area contributed by atoms with Gasteiger partial charge in [-0.05, 0) is 44.7 Å². The molecule has 0 heterocycles. The van der Waals surface area contributed by atoms with Gasteiger partial charge < -0.3 is 0 Å². The highest BCUT2D eigenvalue weighted by Gasteiger charge is 2.21. The third-order valence-electron chi connectivity index (χ3n) is 3.99. The van der Waals surface area contributed by atoms with E-state index >= 15 is 0 Å². The van der Waals surface area contributed by atoms with Crippen LogP contribution in [0.25, 0.3) is 0 Å². The molecule has 94 valence electrons. The summed E-state index contributed by atoms with van der Waals surface area (Å²) in [6.07, 6.45) is 5.14. The third kappa shape index (κ3) is 3.29. The lowest BCUT2D eigenvalue weighted by atomic mass is 9.86. The first-order valence-electron chi connectivity index (χ1n) is 6.60. The largest absolute Gasteiger partial charge is 0.299 e. The van der Waals surface area contributed by atoms with Crippen molar-refractivity contribution in [3.63, 3.8) is 0 Å². The summed E-state index contributed by atoms with van der Waals surface area (Å²) in [4.78, 5) is 2.31. The molecule has 1 fully saturated rings. The third-order valence-corrected chi connectivity index (χ3v) is 3.99. The van der Waals surface area contributed by atoms with E-state index in [1.54, 1.807) is 12.1 Å². The second-order valence-electron chi connectivity index (χ2n) is 5.42. The van der Waals surface area contributed by atoms with Gasteiger partial charge >= 0.3 is 0 Å². The SMILES string of the molecule is CC1CCC(N(C)Cc2ccccc2F)CC1. The summed E-state index contributed by atoms with van der Waals surface area (Å²) in [6.45, 7) is 3.05. The van der Waals surface area contributed by atoms with E-state index in [9.17, 15) is 4.39 Å². The van der Waals surface area contributed by atoms with Crippen molar-refractivity contribution in [2.45, 2.75) is 45.2 Å². The highest BCUT2D eigenvalue weighted by molar-refractivity contribution is 5.17. The van der Waals surface area contributed by atoms with Crippen LogP contribution in [0, 0.1) is 11.7 Å². The molecular formula is C15H22FN. The maximum absolute atomic E-state index is 13.6. The predicted molar refractivity (Wildman–Crippen MR) is 69.3 cm³/mol. The van der Waals surface area contributed by atoms with Crippen LogP contribution in [0.4, 0.5) is 4.39 Å². The summed E-state index contributed by atoms with van der Waals surface area (Å²) in [6, 6.07) is 7.73. The van der Waals surface area contributed by atoms with Crippen LogP contribution >= 0.6 is 0 Å². The molecule has 1 aliphatic rings. The molecule has 0 aromatic heterocycles. The van der Waals surface area contributed by atoms with Gasteiger partial charge in [0.2, 0.25) is 0 Å². The van der Waals surface area contributed by atoms with Crippen molar-refractivity contribution in [1.82, 2.24) is 4.90 Å². The van der Waals surface area contributed by atoms with Crippen molar-refractivity contribution in [2.75, 3.05) is 7.05 Å². The zero-order valence-electron chi connectivity index (χ0n) is 10.8. The second-order valence-corrected chi connectivity index (χ2v) is 5.42. The molecule has 0 bridgehead atoms. The van der Waals surface area contributed by atoms with Crippen molar-refractivity contribution >= 4 is 0 Å². The number of rotatable bonds is 3. The predicted octanol–water partition coefficient (Wildman–Crippen LogP) is 3.84. The van der Waals surface area contributed by atoms with Gasteiger partial charge in [-0.2, -0.15) is 0 Å². The van der Waals surface area contributed by atoms with Gasteiger partial charge in [-0.3, -0.25) is 4.90 Å². The van der Waals surface area contributed by atoms with Crippen LogP contribution in [0.5, 0.6) is 0 Å². The van der Waals surface area contributed by atoms with Gasteiger partial charge in [-0.1, -0.05) is 25.1 Å². The molecule has 1 aliphatic carbocycles. The van der Waals surface area contributed by atoms with Crippen LogP contribution in [-0.4, -0.2) is 18.0 Å². The minimum Gasteiger partial charge on any atom is -0.299 e. The molecule has 1 aromatic rings. The number of hydrogen-bond acceptors (Lipinski definition) is 1. The molecule has 0 spiro atoms. The van der Waals surface area contributed by atoms with Gasteiger partial charge in [0, 0.05) is 18.2 Å². The molecule has 2 rings (SSSR count). The van der Waals surface area contributed by atoms with Gasteiger partial charge in [0.25, 0.3) is 0 Å². The Hall–Kier alpha value is -0.890. The molecular weight excluding hydrogens is 213 g/mol. The monoisotopic (exact) mass is 235 g/mol. The maximum Gasteiger partial charge on any atom is 0.127 e. The summed E-state index contributed by atoms with van der Waals surface area (Å²) in [7, 11) is 2.12. The van der Waals surface area contributed by atoms with Gasteiger partial charge in [0.1, 0.15) is 5.82 Å². The molecule has 0 N–H and O–H groups in total. The molecule has 1 saturated carbocycles. The highest BCUT2D eigenvalue weighted by atomic mass is 19.1. The first-order chi connectivity index (χ1) is 8.16. The maximum atomic E-state index is 13.6. The van der Waals surface area contributed by atoms with Crippen LogP contribution in [0.1, 0.15) is 38.2 Å². The molecule has 0 radical (unpaired) electrons. The zero-order chi connectivity index (χ0) is 12.3. The topological polar surface area (TPSA) is 3.24 Å². The quantitative estimate of drug-likeness (QED) is 0.769. The van der Waals surface area contributed by atoms with E-state index in [-0.39, 0.29) is 5.82 Å². The average molecular weight is 235 g/mol. The first-order valence-corrected chi connectivity index (χ1v) is 6.60. The Morgan fingerprint density at radius 2 is 1.82 bits per heavy atom. The molecule has 0 aliphatic heterocycles. The Kier molecular flexibility index (Phi) is 4.16. The fraction of sp³-hybridized carbons (Fsp3) is 0.600. The van der Waals surface area contributed by atoms with Crippen LogP contribution in [0.2, 0.25) is 0 Å². The number of nitrogens with zero attached hydrogens (tertiary/aromatic N) is 1. The van der Waals surface area contributed by atoms with Crippen LogP contribution in [0.3, 0.4) is 0 Å². The van der Waals surface area contributed by atoms with E-state index in [1.165, 1.54) is 25.7 Å². The number of halogens is 1. The smallest absolute Gasteiger partial charge is 0.127 e. The van der Waals surface area contributed by atoms with Crippen molar-refractivity contribution in [3.8, 4) is 0 Å². The van der Waals surface area contributed by atoms with Crippen LogP contribution < -0.4 is 0 Å². The summed E-state index contributed by atoms with van der Waals surface area (Å²) < 4.78 is 13.6. The van der Waals surface area contributed by atoms with E-state index in [0.29, 0.717) is 6.04 Å². The second kappa shape index (κ2) is 5.63. The first kappa shape index (κ1) is 12.6. The standard InChI is InChI=1S/C15H22FN/c1-12-7-9-14(10-8-12)17(2)11-13-5-3-4-6-15(13)16/h3-6,12,14H,7-11H2,1-2H3. The van der Waals surface area contributed by atoms with Crippen molar-refractivity contribution in [3.05, 3.63) is 35.6 Å². The Morgan fingerprint density at radius 1 is 1.18 bits per heavy atom. The lowest BCUT2D eigenvalue weighted by Crippen LogP contribution is -2.34. The zero-order valence-corrected chi connectivity index (χ0v) is 10.8. The molecule has 1 aromatic carbocycles. The molecule has 1 nitrogen and oxygen atoms in total. The van der Waals surface area contributed by atoms with Gasteiger partial charge in [0.15, 0.2) is 0 Å². The van der Waals surface area contributed by atoms with E-state index < -0.39 is 0 Å². The lowest BCUT2D eigenvalue weighted by Gasteiger charge is -2.33. The van der Waals surface area contributed by atoms with Crippen molar-refractivity contribution < 1.29 is 4.39 Å². The Bertz CT molecular complexity index is 356. The lowest BCUT2D eigenvalue weighted by molar-refractivity contribution is 0.162. The van der Waals surface area contributed by atoms with E-state index in [1.807, 2.05) is 12.1 Å². The van der Waals surface area contributed by atoms with E-state index in [4.69, 9.17) is 0 Å². The van der Waals surface area contributed by atoms with Crippen LogP contribution in [-0.2, 0) is 6.54 Å². The summed E-state index contributed by atoms with van der Waals surface area (Å²) >= 11 is 0. The molecule has 0 saturated heterocycles. The van der Waals surface area contributed by atoms with Gasteiger partial charge in [0.05, 0.1) is 0 Å². The Morgan fingerprint density at radius 3 is 2.47 bits per heavy atom.